The van der Waals surface area contributed by atoms with Crippen molar-refractivity contribution in [1.82, 2.24) is 10.2 Å². The molecule has 0 aromatic heterocycles. The van der Waals surface area contributed by atoms with Crippen LogP contribution in [0.4, 0.5) is 0 Å². The van der Waals surface area contributed by atoms with E-state index in [0.29, 0.717) is 18.7 Å². The first-order valence-electron chi connectivity index (χ1n) is 6.86. The lowest BCUT2D eigenvalue weighted by molar-refractivity contribution is 0.0735. The molecule has 1 aliphatic rings. The number of nitrogens with one attached hydrogen (secondary N) is 1. The Balaban J connectivity index is 0.00000242. The SMILES string of the molecule is COCCS(=O)(=O)c1ccc(C(=O)N2CCNCC2)cc1.Cl. The van der Waals surface area contributed by atoms with E-state index < -0.39 is 9.84 Å². The van der Waals surface area contributed by atoms with Crippen LogP contribution in [0.15, 0.2) is 29.2 Å². The van der Waals surface area contributed by atoms with Crippen molar-refractivity contribution in [2.75, 3.05) is 45.6 Å². The van der Waals surface area contributed by atoms with E-state index in [1.54, 1.807) is 17.0 Å². The molecule has 1 heterocycles. The van der Waals surface area contributed by atoms with E-state index in [0.717, 1.165) is 13.1 Å². The summed E-state index contributed by atoms with van der Waals surface area (Å²) in [4.78, 5) is 14.2. The van der Waals surface area contributed by atoms with Gasteiger partial charge in [0.2, 0.25) is 0 Å². The Labute approximate surface area is 137 Å². The minimum absolute atomic E-state index is 0. The lowest BCUT2D eigenvalue weighted by Crippen LogP contribution is -2.46. The summed E-state index contributed by atoms with van der Waals surface area (Å²) < 4.78 is 28.8. The van der Waals surface area contributed by atoms with Crippen molar-refractivity contribution in [3.8, 4) is 0 Å². The third-order valence-electron chi connectivity index (χ3n) is 3.42. The zero-order valence-corrected chi connectivity index (χ0v) is 14.1. The van der Waals surface area contributed by atoms with Crippen LogP contribution in [-0.4, -0.2) is 64.9 Å². The Morgan fingerprint density at radius 1 is 1.23 bits per heavy atom. The number of halogens is 1. The van der Waals surface area contributed by atoms with E-state index in [1.165, 1.54) is 19.2 Å². The Bertz CT molecular complexity index is 583. The topological polar surface area (TPSA) is 75.7 Å². The number of amides is 1. The number of ether oxygens (including phenoxy) is 1. The number of carbonyl (C=O) groups is 1. The molecular weight excluding hydrogens is 328 g/mol. The average Bonchev–Trinajstić information content (AvgIpc) is 2.53. The third-order valence-corrected chi connectivity index (χ3v) is 5.12. The summed E-state index contributed by atoms with van der Waals surface area (Å²) in [5, 5.41) is 3.18. The predicted molar refractivity (Wildman–Crippen MR) is 86.4 cm³/mol. The van der Waals surface area contributed by atoms with E-state index in [-0.39, 0.29) is 35.6 Å². The maximum Gasteiger partial charge on any atom is 0.253 e. The Hall–Kier alpha value is -1.15. The zero-order chi connectivity index (χ0) is 15.3. The molecule has 2 rings (SSSR count). The van der Waals surface area contributed by atoms with Gasteiger partial charge in [0.15, 0.2) is 9.84 Å². The quantitative estimate of drug-likeness (QED) is 0.842. The summed E-state index contributed by atoms with van der Waals surface area (Å²) in [6.07, 6.45) is 0. The molecule has 1 N–H and O–H groups in total. The van der Waals surface area contributed by atoms with Gasteiger partial charge in [-0.05, 0) is 24.3 Å². The number of rotatable bonds is 5. The number of nitrogens with zero attached hydrogens (tertiary/aromatic N) is 1. The van der Waals surface area contributed by atoms with Gasteiger partial charge < -0.3 is 15.0 Å². The van der Waals surface area contributed by atoms with Crippen molar-refractivity contribution >= 4 is 28.2 Å². The second-order valence-electron chi connectivity index (χ2n) is 4.88. The van der Waals surface area contributed by atoms with Crippen LogP contribution in [0.5, 0.6) is 0 Å². The molecule has 1 aromatic rings. The summed E-state index contributed by atoms with van der Waals surface area (Å²) >= 11 is 0. The van der Waals surface area contributed by atoms with Crippen LogP contribution < -0.4 is 5.32 Å². The second kappa shape index (κ2) is 8.47. The highest BCUT2D eigenvalue weighted by Crippen LogP contribution is 2.14. The van der Waals surface area contributed by atoms with Crippen molar-refractivity contribution in [3.05, 3.63) is 29.8 Å². The van der Waals surface area contributed by atoms with Gasteiger partial charge in [0.25, 0.3) is 5.91 Å². The maximum absolute atomic E-state index is 12.3. The van der Waals surface area contributed by atoms with Crippen molar-refractivity contribution < 1.29 is 17.9 Å². The van der Waals surface area contributed by atoms with Gasteiger partial charge in [-0.25, -0.2) is 8.42 Å². The third kappa shape index (κ3) is 4.67. The van der Waals surface area contributed by atoms with E-state index >= 15 is 0 Å². The lowest BCUT2D eigenvalue weighted by atomic mass is 10.2. The van der Waals surface area contributed by atoms with Crippen LogP contribution in [0.2, 0.25) is 0 Å². The van der Waals surface area contributed by atoms with Gasteiger partial charge in [0.1, 0.15) is 0 Å². The molecule has 22 heavy (non-hydrogen) atoms. The predicted octanol–water partition coefficient (Wildman–Crippen LogP) is 0.574. The van der Waals surface area contributed by atoms with Crippen LogP contribution in [0.1, 0.15) is 10.4 Å². The Morgan fingerprint density at radius 2 is 1.82 bits per heavy atom. The molecule has 6 nitrogen and oxygen atoms in total. The molecule has 1 amide bonds. The number of methoxy groups -OCH3 is 1. The first-order chi connectivity index (χ1) is 10.0. The summed E-state index contributed by atoms with van der Waals surface area (Å²) in [6, 6.07) is 6.12. The summed E-state index contributed by atoms with van der Waals surface area (Å²) in [5.41, 5.74) is 0.516. The van der Waals surface area contributed by atoms with E-state index in [4.69, 9.17) is 4.74 Å². The van der Waals surface area contributed by atoms with Crippen LogP contribution in [0, 0.1) is 0 Å². The number of hydrogen-bond donors (Lipinski definition) is 1. The molecule has 1 saturated heterocycles. The highest BCUT2D eigenvalue weighted by atomic mass is 35.5. The summed E-state index contributed by atoms with van der Waals surface area (Å²) in [6.45, 7) is 3.08. The largest absolute Gasteiger partial charge is 0.384 e. The van der Waals surface area contributed by atoms with E-state index in [9.17, 15) is 13.2 Å². The van der Waals surface area contributed by atoms with Gasteiger partial charge >= 0.3 is 0 Å². The van der Waals surface area contributed by atoms with Gasteiger partial charge in [0, 0.05) is 38.9 Å². The normalized spacial score (nSPS) is 15.2. The molecule has 0 unspecified atom stereocenters. The highest BCUT2D eigenvalue weighted by molar-refractivity contribution is 7.91. The van der Waals surface area contributed by atoms with Gasteiger partial charge in [0.05, 0.1) is 17.3 Å². The van der Waals surface area contributed by atoms with Gasteiger partial charge in [-0.2, -0.15) is 0 Å². The highest BCUT2D eigenvalue weighted by Gasteiger charge is 2.19. The minimum atomic E-state index is -3.35. The molecule has 0 saturated carbocycles. The number of benzene rings is 1. The average molecular weight is 349 g/mol. The molecule has 124 valence electrons. The summed E-state index contributed by atoms with van der Waals surface area (Å²) in [5.74, 6) is -0.119. The Kier molecular flexibility index (Phi) is 7.28. The zero-order valence-electron chi connectivity index (χ0n) is 12.4. The number of carbonyl (C=O) groups excluding carboxylic acids is 1. The number of sulfone groups is 1. The minimum Gasteiger partial charge on any atom is -0.384 e. The first kappa shape index (κ1) is 18.9. The molecule has 0 bridgehead atoms. The van der Waals surface area contributed by atoms with E-state index in [1.807, 2.05) is 0 Å². The van der Waals surface area contributed by atoms with Crippen molar-refractivity contribution in [2.24, 2.45) is 0 Å². The van der Waals surface area contributed by atoms with E-state index in [2.05, 4.69) is 5.32 Å². The molecule has 1 aromatic carbocycles. The smallest absolute Gasteiger partial charge is 0.253 e. The number of piperazine rings is 1. The van der Waals surface area contributed by atoms with Crippen molar-refractivity contribution in [2.45, 2.75) is 4.90 Å². The molecule has 8 heteroatoms. The Morgan fingerprint density at radius 3 is 2.36 bits per heavy atom. The monoisotopic (exact) mass is 348 g/mol. The fraction of sp³-hybridized carbons (Fsp3) is 0.500. The molecule has 0 atom stereocenters. The lowest BCUT2D eigenvalue weighted by Gasteiger charge is -2.27. The van der Waals surface area contributed by atoms with Crippen LogP contribution in [0.25, 0.3) is 0 Å². The second-order valence-corrected chi connectivity index (χ2v) is 6.99. The molecule has 0 spiro atoms. The van der Waals surface area contributed by atoms with Crippen LogP contribution >= 0.6 is 12.4 Å². The fourth-order valence-corrected chi connectivity index (χ4v) is 3.34. The summed E-state index contributed by atoms with van der Waals surface area (Å²) in [7, 11) is -1.89. The standard InChI is InChI=1S/C14H20N2O4S.ClH/c1-20-10-11-21(18,19)13-4-2-12(3-5-13)14(17)16-8-6-15-7-9-16;/h2-5,15H,6-11H2,1H3;1H. The fourth-order valence-electron chi connectivity index (χ4n) is 2.17. The van der Waals surface area contributed by atoms with Crippen LogP contribution in [-0.2, 0) is 14.6 Å². The van der Waals surface area contributed by atoms with Gasteiger partial charge in [-0.3, -0.25) is 4.79 Å². The maximum atomic E-state index is 12.3. The van der Waals surface area contributed by atoms with Crippen molar-refractivity contribution in [1.29, 1.82) is 0 Å². The molecule has 0 radical (unpaired) electrons. The molecular formula is C14H21ClN2O4S. The first-order valence-corrected chi connectivity index (χ1v) is 8.51. The van der Waals surface area contributed by atoms with Crippen molar-refractivity contribution in [3.63, 3.8) is 0 Å². The van der Waals surface area contributed by atoms with Crippen LogP contribution in [0.3, 0.4) is 0 Å². The van der Waals surface area contributed by atoms with Gasteiger partial charge in [-0.15, -0.1) is 12.4 Å². The number of hydrogen-bond acceptors (Lipinski definition) is 5. The molecule has 1 fully saturated rings. The molecule has 0 aliphatic carbocycles. The molecule has 1 aliphatic heterocycles. The van der Waals surface area contributed by atoms with Gasteiger partial charge in [-0.1, -0.05) is 0 Å².